The van der Waals surface area contributed by atoms with Gasteiger partial charge in [0, 0.05) is 5.56 Å². The molecule has 0 aromatic heterocycles. The molecule has 0 atom stereocenters. The number of hydrogen-bond donors (Lipinski definition) is 1. The first kappa shape index (κ1) is 13.9. The minimum atomic E-state index is -0.193. The van der Waals surface area contributed by atoms with Crippen molar-refractivity contribution in [2.24, 2.45) is 0 Å². The van der Waals surface area contributed by atoms with E-state index in [2.05, 4.69) is 5.32 Å². The topological polar surface area (TPSA) is 29.1 Å². The van der Waals surface area contributed by atoms with E-state index in [1.54, 1.807) is 24.3 Å². The van der Waals surface area contributed by atoms with Crippen LogP contribution in [0.25, 0.3) is 0 Å². The molecule has 4 heteroatoms. The molecule has 19 heavy (non-hydrogen) atoms. The van der Waals surface area contributed by atoms with E-state index in [0.717, 1.165) is 11.1 Å². The van der Waals surface area contributed by atoms with E-state index in [-0.39, 0.29) is 5.91 Å². The second-order valence-corrected chi connectivity index (χ2v) is 5.16. The molecule has 0 unspecified atom stereocenters. The average Bonchev–Trinajstić information content (AvgIpc) is 2.34. The van der Waals surface area contributed by atoms with Gasteiger partial charge in [-0.3, -0.25) is 4.79 Å². The van der Waals surface area contributed by atoms with Gasteiger partial charge in [0.2, 0.25) is 0 Å². The molecule has 1 amide bonds. The van der Waals surface area contributed by atoms with E-state index >= 15 is 0 Å². The van der Waals surface area contributed by atoms with Crippen molar-refractivity contribution in [1.82, 2.24) is 0 Å². The van der Waals surface area contributed by atoms with Crippen LogP contribution in [0.4, 0.5) is 5.69 Å². The summed E-state index contributed by atoms with van der Waals surface area (Å²) in [4.78, 5) is 12.2. The Morgan fingerprint density at radius 1 is 1.11 bits per heavy atom. The van der Waals surface area contributed by atoms with Gasteiger partial charge in [-0.05, 0) is 37.6 Å². The van der Waals surface area contributed by atoms with E-state index < -0.39 is 0 Å². The average molecular weight is 294 g/mol. The van der Waals surface area contributed by atoms with Crippen LogP contribution in [-0.4, -0.2) is 5.91 Å². The number of carbonyl (C=O) groups excluding carboxylic acids is 1. The number of halogens is 2. The van der Waals surface area contributed by atoms with Gasteiger partial charge in [-0.2, -0.15) is 0 Å². The number of rotatable bonds is 2. The molecule has 1 N–H and O–H groups in total. The van der Waals surface area contributed by atoms with Gasteiger partial charge < -0.3 is 5.32 Å². The summed E-state index contributed by atoms with van der Waals surface area (Å²) in [6.45, 7) is 3.89. The number of amides is 1. The summed E-state index contributed by atoms with van der Waals surface area (Å²) in [5.41, 5.74) is 3.19. The second-order valence-electron chi connectivity index (χ2n) is 4.37. The molecule has 0 saturated heterocycles. The molecule has 2 nitrogen and oxygen atoms in total. The molecule has 0 aliphatic carbocycles. The Morgan fingerprint density at radius 3 is 2.53 bits per heavy atom. The van der Waals surface area contributed by atoms with Gasteiger partial charge >= 0.3 is 0 Å². The number of anilines is 1. The maximum absolute atomic E-state index is 12.2. The molecule has 0 fully saturated rings. The van der Waals surface area contributed by atoms with Crippen LogP contribution in [0.3, 0.4) is 0 Å². The highest BCUT2D eigenvalue weighted by Crippen LogP contribution is 2.30. The molecule has 0 spiro atoms. The van der Waals surface area contributed by atoms with Gasteiger partial charge in [0.1, 0.15) is 0 Å². The van der Waals surface area contributed by atoms with Crippen molar-refractivity contribution in [2.75, 3.05) is 5.32 Å². The van der Waals surface area contributed by atoms with Crippen molar-refractivity contribution in [1.29, 1.82) is 0 Å². The van der Waals surface area contributed by atoms with Crippen LogP contribution in [0.15, 0.2) is 36.4 Å². The zero-order chi connectivity index (χ0) is 14.0. The van der Waals surface area contributed by atoms with Crippen molar-refractivity contribution in [2.45, 2.75) is 13.8 Å². The molecule has 98 valence electrons. The number of carbonyl (C=O) groups is 1. The molecular weight excluding hydrogens is 281 g/mol. The highest BCUT2D eigenvalue weighted by molar-refractivity contribution is 6.44. The van der Waals surface area contributed by atoms with Gasteiger partial charge in [0.05, 0.1) is 15.7 Å². The van der Waals surface area contributed by atoms with E-state index in [1.807, 2.05) is 26.0 Å². The van der Waals surface area contributed by atoms with E-state index in [9.17, 15) is 4.79 Å². The Bertz CT molecular complexity index is 638. The van der Waals surface area contributed by atoms with E-state index in [4.69, 9.17) is 23.2 Å². The fraction of sp³-hybridized carbons (Fsp3) is 0.133. The van der Waals surface area contributed by atoms with Crippen molar-refractivity contribution in [3.05, 3.63) is 63.1 Å². The summed E-state index contributed by atoms with van der Waals surface area (Å²) in [5, 5.41) is 3.54. The van der Waals surface area contributed by atoms with Gasteiger partial charge in [-0.1, -0.05) is 47.0 Å². The van der Waals surface area contributed by atoms with Crippen molar-refractivity contribution >= 4 is 34.8 Å². The molecule has 2 aromatic rings. The normalized spacial score (nSPS) is 10.3. The lowest BCUT2D eigenvalue weighted by Gasteiger charge is -2.10. The molecule has 2 aromatic carbocycles. The Morgan fingerprint density at radius 2 is 1.84 bits per heavy atom. The summed E-state index contributed by atoms with van der Waals surface area (Å²) in [6.07, 6.45) is 0. The maximum atomic E-state index is 12.2. The smallest absolute Gasteiger partial charge is 0.255 e. The summed E-state index contributed by atoms with van der Waals surface area (Å²) in [5.74, 6) is -0.193. The molecule has 0 radical (unpaired) electrons. The number of nitrogens with one attached hydrogen (secondary N) is 1. The molecular formula is C15H13Cl2NO. The van der Waals surface area contributed by atoms with Gasteiger partial charge in [0.15, 0.2) is 0 Å². The third-order valence-corrected chi connectivity index (χ3v) is 3.65. The van der Waals surface area contributed by atoms with Crippen LogP contribution < -0.4 is 5.32 Å². The third-order valence-electron chi connectivity index (χ3n) is 2.83. The standard InChI is InChI=1S/C15H13Cl2NO/c1-9-6-7-11(10(2)8-9)15(19)18-13-5-3-4-12(16)14(13)17/h3-8H,1-2H3,(H,18,19). The molecule has 0 heterocycles. The summed E-state index contributed by atoms with van der Waals surface area (Å²) < 4.78 is 0. The predicted octanol–water partition coefficient (Wildman–Crippen LogP) is 4.86. The maximum Gasteiger partial charge on any atom is 0.255 e. The quantitative estimate of drug-likeness (QED) is 0.841. The lowest BCUT2D eigenvalue weighted by molar-refractivity contribution is 0.102. The van der Waals surface area contributed by atoms with Gasteiger partial charge in [-0.15, -0.1) is 0 Å². The van der Waals surface area contributed by atoms with Crippen molar-refractivity contribution in [3.63, 3.8) is 0 Å². The van der Waals surface area contributed by atoms with Crippen LogP contribution in [0.5, 0.6) is 0 Å². The fourth-order valence-corrected chi connectivity index (χ4v) is 2.21. The molecule has 0 aliphatic heterocycles. The van der Waals surface area contributed by atoms with E-state index in [1.165, 1.54) is 0 Å². The first-order valence-electron chi connectivity index (χ1n) is 5.81. The summed E-state index contributed by atoms with van der Waals surface area (Å²) >= 11 is 12.0. The Kier molecular flexibility index (Phi) is 4.13. The van der Waals surface area contributed by atoms with Gasteiger partial charge in [-0.25, -0.2) is 0 Å². The second kappa shape index (κ2) is 5.64. The van der Waals surface area contributed by atoms with Crippen molar-refractivity contribution < 1.29 is 4.79 Å². The first-order valence-corrected chi connectivity index (χ1v) is 6.57. The van der Waals surface area contributed by atoms with Crippen LogP contribution in [-0.2, 0) is 0 Å². The van der Waals surface area contributed by atoms with Crippen molar-refractivity contribution in [3.8, 4) is 0 Å². The molecule has 0 saturated carbocycles. The summed E-state index contributed by atoms with van der Waals surface area (Å²) in [6, 6.07) is 10.8. The summed E-state index contributed by atoms with van der Waals surface area (Å²) in [7, 11) is 0. The molecule has 0 aliphatic rings. The number of hydrogen-bond acceptors (Lipinski definition) is 1. The predicted molar refractivity (Wildman–Crippen MR) is 80.3 cm³/mol. The SMILES string of the molecule is Cc1ccc(C(=O)Nc2cccc(Cl)c2Cl)c(C)c1. The van der Waals surface area contributed by atoms with Crippen LogP contribution in [0, 0.1) is 13.8 Å². The Balaban J connectivity index is 2.28. The zero-order valence-corrected chi connectivity index (χ0v) is 12.1. The van der Waals surface area contributed by atoms with Crippen LogP contribution >= 0.6 is 23.2 Å². The lowest BCUT2D eigenvalue weighted by Crippen LogP contribution is -2.13. The molecule has 0 bridgehead atoms. The van der Waals surface area contributed by atoms with Crippen LogP contribution in [0.2, 0.25) is 10.0 Å². The van der Waals surface area contributed by atoms with Gasteiger partial charge in [0.25, 0.3) is 5.91 Å². The largest absolute Gasteiger partial charge is 0.321 e. The minimum Gasteiger partial charge on any atom is -0.321 e. The minimum absolute atomic E-state index is 0.193. The fourth-order valence-electron chi connectivity index (χ4n) is 1.86. The Hall–Kier alpha value is -1.51. The highest BCUT2D eigenvalue weighted by atomic mass is 35.5. The number of aryl methyl sites for hydroxylation is 2. The molecule has 2 rings (SSSR count). The monoisotopic (exact) mass is 293 g/mol. The third kappa shape index (κ3) is 3.09. The lowest BCUT2D eigenvalue weighted by atomic mass is 10.1. The number of benzene rings is 2. The highest BCUT2D eigenvalue weighted by Gasteiger charge is 2.12. The Labute approximate surface area is 122 Å². The van der Waals surface area contributed by atoms with E-state index in [0.29, 0.717) is 21.3 Å². The van der Waals surface area contributed by atoms with Crippen LogP contribution in [0.1, 0.15) is 21.5 Å². The first-order chi connectivity index (χ1) is 8.99. The zero-order valence-electron chi connectivity index (χ0n) is 10.6.